The number of pyridine rings is 1. The van der Waals surface area contributed by atoms with E-state index >= 15 is 0 Å². The van der Waals surface area contributed by atoms with Crippen LogP contribution in [0.3, 0.4) is 0 Å². The topological polar surface area (TPSA) is 48.5 Å². The van der Waals surface area contributed by atoms with Gasteiger partial charge in [-0.25, -0.2) is 4.98 Å². The van der Waals surface area contributed by atoms with Crippen molar-refractivity contribution in [3.05, 3.63) is 48.2 Å². The number of carbonyl (C=O) groups is 1. The van der Waals surface area contributed by atoms with Crippen molar-refractivity contribution in [1.82, 2.24) is 9.88 Å². The van der Waals surface area contributed by atoms with Crippen LogP contribution in [0.5, 0.6) is 0 Å². The molecule has 2 aromatic rings. The standard InChI is InChI=1S/C19H21F3N4OS/c1-28-16-5-3-2-4-15(16)24-18(27)13-25-8-10-26(11-9-25)17-7-6-14(12-23-17)19(20,21)22/h2-7,12H,8-11,13H2,1H3,(H,24,27). The van der Waals surface area contributed by atoms with Crippen molar-refractivity contribution in [2.24, 2.45) is 0 Å². The molecule has 1 aliphatic rings. The molecule has 1 aliphatic heterocycles. The minimum absolute atomic E-state index is 0.0809. The van der Waals surface area contributed by atoms with Crippen LogP contribution in [0.4, 0.5) is 24.7 Å². The molecule has 1 amide bonds. The molecule has 1 fully saturated rings. The van der Waals surface area contributed by atoms with Crippen LogP contribution >= 0.6 is 11.8 Å². The first-order chi connectivity index (χ1) is 13.4. The van der Waals surface area contributed by atoms with Crippen LogP contribution in [0.2, 0.25) is 0 Å². The molecule has 0 saturated carbocycles. The third-order valence-electron chi connectivity index (χ3n) is 4.52. The Labute approximate surface area is 165 Å². The Morgan fingerprint density at radius 3 is 2.46 bits per heavy atom. The van der Waals surface area contributed by atoms with Crippen molar-refractivity contribution in [2.75, 3.05) is 49.2 Å². The van der Waals surface area contributed by atoms with E-state index in [1.54, 1.807) is 11.8 Å². The Kier molecular flexibility index (Phi) is 6.46. The number of halogens is 3. The van der Waals surface area contributed by atoms with E-state index in [0.717, 1.165) is 22.8 Å². The number of alkyl halides is 3. The van der Waals surface area contributed by atoms with Crippen LogP contribution in [0.25, 0.3) is 0 Å². The van der Waals surface area contributed by atoms with Crippen molar-refractivity contribution >= 4 is 29.2 Å². The predicted octanol–water partition coefficient (Wildman–Crippen LogP) is 3.58. The largest absolute Gasteiger partial charge is 0.417 e. The maximum absolute atomic E-state index is 12.6. The number of nitrogens with zero attached hydrogens (tertiary/aromatic N) is 3. The van der Waals surface area contributed by atoms with Gasteiger partial charge in [-0.2, -0.15) is 13.2 Å². The Bertz CT molecular complexity index is 806. The average molecular weight is 410 g/mol. The second-order valence-corrected chi connectivity index (χ2v) is 7.26. The summed E-state index contributed by atoms with van der Waals surface area (Å²) in [4.78, 5) is 21.2. The van der Waals surface area contributed by atoms with Gasteiger partial charge in [0.2, 0.25) is 5.91 Å². The van der Waals surface area contributed by atoms with Gasteiger partial charge in [0.15, 0.2) is 0 Å². The van der Waals surface area contributed by atoms with Gasteiger partial charge in [-0.05, 0) is 30.5 Å². The molecule has 9 heteroatoms. The molecule has 0 bridgehead atoms. The molecule has 1 aromatic heterocycles. The van der Waals surface area contributed by atoms with E-state index in [0.29, 0.717) is 32.0 Å². The molecular formula is C19H21F3N4OS. The first kappa shape index (κ1) is 20.5. The van der Waals surface area contributed by atoms with Crippen molar-refractivity contribution in [3.8, 4) is 0 Å². The lowest BCUT2D eigenvalue weighted by Gasteiger charge is -2.35. The molecule has 0 atom stereocenters. The minimum Gasteiger partial charge on any atom is -0.354 e. The van der Waals surface area contributed by atoms with E-state index in [4.69, 9.17) is 0 Å². The zero-order chi connectivity index (χ0) is 20.1. The summed E-state index contributed by atoms with van der Waals surface area (Å²) in [5.74, 6) is 0.439. The van der Waals surface area contributed by atoms with Gasteiger partial charge in [0, 0.05) is 37.3 Å². The van der Waals surface area contributed by atoms with Gasteiger partial charge in [0.05, 0.1) is 17.8 Å². The number of nitrogens with one attached hydrogen (secondary N) is 1. The third-order valence-corrected chi connectivity index (χ3v) is 5.32. The average Bonchev–Trinajstić information content (AvgIpc) is 2.68. The van der Waals surface area contributed by atoms with E-state index < -0.39 is 11.7 Å². The fraction of sp³-hybridized carbons (Fsp3) is 0.368. The molecule has 0 aliphatic carbocycles. The third kappa shape index (κ3) is 5.17. The van der Waals surface area contributed by atoms with Gasteiger partial charge in [0.25, 0.3) is 0 Å². The van der Waals surface area contributed by atoms with Crippen molar-refractivity contribution in [1.29, 1.82) is 0 Å². The van der Waals surface area contributed by atoms with Gasteiger partial charge in [-0.1, -0.05) is 12.1 Å². The number of rotatable bonds is 5. The molecule has 28 heavy (non-hydrogen) atoms. The Hall–Kier alpha value is -2.26. The lowest BCUT2D eigenvalue weighted by Crippen LogP contribution is -2.49. The number of amides is 1. The number of para-hydroxylation sites is 1. The highest BCUT2D eigenvalue weighted by molar-refractivity contribution is 7.98. The number of piperazine rings is 1. The number of anilines is 2. The van der Waals surface area contributed by atoms with Gasteiger partial charge in [-0.3, -0.25) is 9.69 Å². The monoisotopic (exact) mass is 410 g/mol. The summed E-state index contributed by atoms with van der Waals surface area (Å²) in [5.41, 5.74) is 0.0460. The van der Waals surface area contributed by atoms with E-state index in [1.165, 1.54) is 6.07 Å². The van der Waals surface area contributed by atoms with E-state index in [1.807, 2.05) is 40.3 Å². The summed E-state index contributed by atoms with van der Waals surface area (Å²) < 4.78 is 37.9. The van der Waals surface area contributed by atoms with Crippen molar-refractivity contribution < 1.29 is 18.0 Å². The second-order valence-electron chi connectivity index (χ2n) is 6.41. The molecule has 150 valence electrons. The maximum atomic E-state index is 12.6. The molecule has 1 aromatic carbocycles. The summed E-state index contributed by atoms with van der Waals surface area (Å²) in [6.07, 6.45) is -1.57. The molecule has 5 nitrogen and oxygen atoms in total. The lowest BCUT2D eigenvalue weighted by atomic mass is 10.2. The highest BCUT2D eigenvalue weighted by Gasteiger charge is 2.31. The fourth-order valence-electron chi connectivity index (χ4n) is 3.02. The Morgan fingerprint density at radius 1 is 1.14 bits per heavy atom. The normalized spacial score (nSPS) is 15.5. The van der Waals surface area contributed by atoms with Crippen LogP contribution in [0.1, 0.15) is 5.56 Å². The Morgan fingerprint density at radius 2 is 1.86 bits per heavy atom. The molecular weight excluding hydrogens is 389 g/mol. The van der Waals surface area contributed by atoms with Crippen molar-refractivity contribution in [3.63, 3.8) is 0 Å². The second kappa shape index (κ2) is 8.83. The van der Waals surface area contributed by atoms with Crippen molar-refractivity contribution in [2.45, 2.75) is 11.1 Å². The fourth-order valence-corrected chi connectivity index (χ4v) is 3.57. The zero-order valence-electron chi connectivity index (χ0n) is 15.4. The molecule has 1 saturated heterocycles. The van der Waals surface area contributed by atoms with Crippen LogP contribution in [-0.2, 0) is 11.0 Å². The molecule has 3 rings (SSSR count). The number of aromatic nitrogens is 1. The number of thioether (sulfide) groups is 1. The van der Waals surface area contributed by atoms with Crippen LogP contribution in [-0.4, -0.2) is 54.8 Å². The molecule has 0 radical (unpaired) electrons. The van der Waals surface area contributed by atoms with Crippen LogP contribution < -0.4 is 10.2 Å². The summed E-state index contributed by atoms with van der Waals surface area (Å²) in [7, 11) is 0. The highest BCUT2D eigenvalue weighted by atomic mass is 32.2. The quantitative estimate of drug-likeness (QED) is 0.764. The van der Waals surface area contributed by atoms with E-state index in [9.17, 15) is 18.0 Å². The first-order valence-corrected chi connectivity index (χ1v) is 10.0. The smallest absolute Gasteiger partial charge is 0.354 e. The summed E-state index contributed by atoms with van der Waals surface area (Å²) in [5, 5.41) is 2.94. The zero-order valence-corrected chi connectivity index (χ0v) is 16.2. The maximum Gasteiger partial charge on any atom is 0.417 e. The predicted molar refractivity (Wildman–Crippen MR) is 105 cm³/mol. The molecule has 2 heterocycles. The number of benzene rings is 1. The summed E-state index contributed by atoms with van der Waals surface area (Å²) >= 11 is 1.57. The summed E-state index contributed by atoms with van der Waals surface area (Å²) in [6.45, 7) is 2.76. The van der Waals surface area contributed by atoms with Crippen LogP contribution in [0, 0.1) is 0 Å². The van der Waals surface area contributed by atoms with Gasteiger partial charge < -0.3 is 10.2 Å². The van der Waals surface area contributed by atoms with E-state index in [-0.39, 0.29) is 12.5 Å². The minimum atomic E-state index is -4.38. The van der Waals surface area contributed by atoms with Crippen LogP contribution in [0.15, 0.2) is 47.5 Å². The molecule has 0 spiro atoms. The summed E-state index contributed by atoms with van der Waals surface area (Å²) in [6, 6.07) is 10.1. The first-order valence-electron chi connectivity index (χ1n) is 8.80. The van der Waals surface area contributed by atoms with Gasteiger partial charge in [0.1, 0.15) is 5.82 Å². The van der Waals surface area contributed by atoms with Gasteiger partial charge >= 0.3 is 6.18 Å². The number of carbonyl (C=O) groups excluding carboxylic acids is 1. The SMILES string of the molecule is CSc1ccccc1NC(=O)CN1CCN(c2ccc(C(F)(F)F)cn2)CC1. The lowest BCUT2D eigenvalue weighted by molar-refractivity contribution is -0.137. The molecule has 0 unspecified atom stereocenters. The Balaban J connectivity index is 1.50. The highest BCUT2D eigenvalue weighted by Crippen LogP contribution is 2.29. The number of hydrogen-bond acceptors (Lipinski definition) is 5. The van der Waals surface area contributed by atoms with Gasteiger partial charge in [-0.15, -0.1) is 11.8 Å². The number of hydrogen-bond donors (Lipinski definition) is 1. The molecule has 1 N–H and O–H groups in total. The van der Waals surface area contributed by atoms with E-state index in [2.05, 4.69) is 10.3 Å².